The number of methoxy groups -OCH3 is 1. The first-order chi connectivity index (χ1) is 11.8. The van der Waals surface area contributed by atoms with E-state index in [9.17, 15) is 4.79 Å². The molecule has 1 amide bonds. The predicted octanol–water partition coefficient (Wildman–Crippen LogP) is 1.76. The summed E-state index contributed by atoms with van der Waals surface area (Å²) >= 11 is 0. The van der Waals surface area contributed by atoms with Crippen molar-refractivity contribution in [1.29, 1.82) is 0 Å². The number of carbonyl (C=O) groups is 1. The fourth-order valence-corrected chi connectivity index (χ4v) is 4.69. The third-order valence-corrected chi connectivity index (χ3v) is 7.05. The Morgan fingerprint density at radius 1 is 1.44 bits per heavy atom. The summed E-state index contributed by atoms with van der Waals surface area (Å²) < 4.78 is 5.75. The number of guanidine groups is 1. The summed E-state index contributed by atoms with van der Waals surface area (Å²) in [6, 6.07) is 0.351. The van der Waals surface area contributed by atoms with Gasteiger partial charge in [0.25, 0.3) is 0 Å². The molecule has 6 heteroatoms. The first-order valence-corrected chi connectivity index (χ1v) is 9.63. The van der Waals surface area contributed by atoms with Gasteiger partial charge in [-0.05, 0) is 33.1 Å². The van der Waals surface area contributed by atoms with Gasteiger partial charge in [-0.15, -0.1) is 0 Å². The van der Waals surface area contributed by atoms with Crippen LogP contribution in [0.1, 0.15) is 53.4 Å². The molecule has 2 aliphatic heterocycles. The molecule has 25 heavy (non-hydrogen) atoms. The standard InChI is InChI=1S/C19H34N4O2/c1-6-20-16(22-14-10-18(4,25-5)17(14,2)3)23-9-7-8-19(13-23)11-15(24)21-12-19/h14H,6-13H2,1-5H3,(H,20,22)(H,21,24). The van der Waals surface area contributed by atoms with Crippen LogP contribution >= 0.6 is 0 Å². The van der Waals surface area contributed by atoms with Gasteiger partial charge in [-0.3, -0.25) is 9.79 Å². The highest BCUT2D eigenvalue weighted by Gasteiger charge is 2.58. The fraction of sp³-hybridized carbons (Fsp3) is 0.895. The van der Waals surface area contributed by atoms with Crippen LogP contribution in [0.5, 0.6) is 0 Å². The van der Waals surface area contributed by atoms with E-state index in [0.717, 1.165) is 51.4 Å². The minimum atomic E-state index is -0.0904. The van der Waals surface area contributed by atoms with E-state index in [0.29, 0.717) is 12.5 Å². The van der Waals surface area contributed by atoms with Crippen molar-refractivity contribution in [1.82, 2.24) is 15.5 Å². The smallest absolute Gasteiger partial charge is 0.220 e. The molecule has 0 aromatic rings. The van der Waals surface area contributed by atoms with E-state index in [4.69, 9.17) is 9.73 Å². The number of hydrogen-bond donors (Lipinski definition) is 2. The third-order valence-electron chi connectivity index (χ3n) is 7.05. The molecule has 2 saturated heterocycles. The van der Waals surface area contributed by atoms with Gasteiger partial charge < -0.3 is 20.3 Å². The fourth-order valence-electron chi connectivity index (χ4n) is 4.69. The number of piperidine rings is 1. The van der Waals surface area contributed by atoms with Crippen LogP contribution in [-0.4, -0.2) is 61.7 Å². The van der Waals surface area contributed by atoms with E-state index in [2.05, 4.69) is 43.2 Å². The molecule has 3 fully saturated rings. The third kappa shape index (κ3) is 3.14. The molecule has 3 rings (SSSR count). The van der Waals surface area contributed by atoms with Crippen LogP contribution < -0.4 is 10.6 Å². The normalized spacial score (nSPS) is 37.8. The maximum Gasteiger partial charge on any atom is 0.220 e. The quantitative estimate of drug-likeness (QED) is 0.601. The largest absolute Gasteiger partial charge is 0.378 e. The van der Waals surface area contributed by atoms with Gasteiger partial charge >= 0.3 is 0 Å². The summed E-state index contributed by atoms with van der Waals surface area (Å²) in [4.78, 5) is 18.9. The molecule has 3 unspecified atom stereocenters. The SMILES string of the molecule is CCN=C(NC1CC(C)(OC)C1(C)C)N1CCCC2(CNC(=O)C2)C1. The van der Waals surface area contributed by atoms with Gasteiger partial charge in [0, 0.05) is 56.6 Å². The number of ether oxygens (including phenoxy) is 1. The van der Waals surface area contributed by atoms with Crippen molar-refractivity contribution in [2.24, 2.45) is 15.8 Å². The predicted molar refractivity (Wildman–Crippen MR) is 99.6 cm³/mol. The highest BCUT2D eigenvalue weighted by atomic mass is 16.5. The molecule has 0 bridgehead atoms. The van der Waals surface area contributed by atoms with E-state index in [-0.39, 0.29) is 22.3 Å². The highest BCUT2D eigenvalue weighted by molar-refractivity contribution is 5.82. The van der Waals surface area contributed by atoms with Crippen LogP contribution in [-0.2, 0) is 9.53 Å². The van der Waals surface area contributed by atoms with Crippen LogP contribution in [0.4, 0.5) is 0 Å². The Morgan fingerprint density at radius 3 is 2.76 bits per heavy atom. The molecular formula is C19H34N4O2. The number of aliphatic imine (C=N–C) groups is 1. The maximum absolute atomic E-state index is 11.8. The topological polar surface area (TPSA) is 66.0 Å². The minimum Gasteiger partial charge on any atom is -0.378 e. The molecule has 0 aromatic carbocycles. The van der Waals surface area contributed by atoms with Gasteiger partial charge in [0.1, 0.15) is 0 Å². The maximum atomic E-state index is 11.8. The van der Waals surface area contributed by atoms with E-state index in [1.165, 1.54) is 0 Å². The Kier molecular flexibility index (Phi) is 4.77. The monoisotopic (exact) mass is 350 g/mol. The van der Waals surface area contributed by atoms with E-state index >= 15 is 0 Å². The molecular weight excluding hydrogens is 316 g/mol. The zero-order valence-corrected chi connectivity index (χ0v) is 16.4. The molecule has 2 N–H and O–H groups in total. The van der Waals surface area contributed by atoms with Gasteiger partial charge in [0.2, 0.25) is 5.91 Å². The number of nitrogens with one attached hydrogen (secondary N) is 2. The first kappa shape index (κ1) is 18.5. The van der Waals surface area contributed by atoms with Crippen LogP contribution in [0, 0.1) is 10.8 Å². The first-order valence-electron chi connectivity index (χ1n) is 9.63. The lowest BCUT2D eigenvalue weighted by Gasteiger charge is -2.59. The Hall–Kier alpha value is -1.30. The van der Waals surface area contributed by atoms with Crippen LogP contribution in [0.2, 0.25) is 0 Å². The van der Waals surface area contributed by atoms with E-state index < -0.39 is 0 Å². The molecule has 142 valence electrons. The second-order valence-corrected chi connectivity index (χ2v) is 8.83. The molecule has 1 spiro atoms. The second-order valence-electron chi connectivity index (χ2n) is 8.83. The Bertz CT molecular complexity index is 562. The summed E-state index contributed by atoms with van der Waals surface area (Å²) in [6.07, 6.45) is 3.87. The Balaban J connectivity index is 1.70. The number of hydrogen-bond acceptors (Lipinski definition) is 3. The summed E-state index contributed by atoms with van der Waals surface area (Å²) in [5.74, 6) is 1.19. The molecule has 3 atom stereocenters. The van der Waals surface area contributed by atoms with Gasteiger partial charge in [-0.1, -0.05) is 13.8 Å². The Morgan fingerprint density at radius 2 is 2.20 bits per heavy atom. The molecule has 2 heterocycles. The van der Waals surface area contributed by atoms with Crippen molar-refractivity contribution in [2.75, 3.05) is 33.3 Å². The van der Waals surface area contributed by atoms with Gasteiger partial charge in [-0.25, -0.2) is 0 Å². The second kappa shape index (κ2) is 6.45. The van der Waals surface area contributed by atoms with Crippen molar-refractivity contribution in [2.45, 2.75) is 65.0 Å². The lowest BCUT2D eigenvalue weighted by Crippen LogP contribution is -2.70. The minimum absolute atomic E-state index is 0.0502. The van der Waals surface area contributed by atoms with Crippen LogP contribution in [0.25, 0.3) is 0 Å². The summed E-state index contributed by atoms with van der Waals surface area (Å²) in [7, 11) is 1.80. The van der Waals surface area contributed by atoms with Gasteiger partial charge in [0.15, 0.2) is 5.96 Å². The summed E-state index contributed by atoms with van der Waals surface area (Å²) in [6.45, 7) is 12.3. The number of nitrogens with zero attached hydrogens (tertiary/aromatic N) is 2. The average molecular weight is 351 g/mol. The Labute approximate surface area is 151 Å². The van der Waals surface area contributed by atoms with Crippen LogP contribution in [0.3, 0.4) is 0 Å². The summed E-state index contributed by atoms with van der Waals surface area (Å²) in [5.41, 5.74) is 0.0449. The number of rotatable bonds is 3. The van der Waals surface area contributed by atoms with Crippen molar-refractivity contribution >= 4 is 11.9 Å². The number of carbonyl (C=O) groups excluding carboxylic acids is 1. The lowest BCUT2D eigenvalue weighted by atomic mass is 9.56. The molecule has 0 aromatic heterocycles. The van der Waals surface area contributed by atoms with Gasteiger partial charge in [-0.2, -0.15) is 0 Å². The zero-order chi connectivity index (χ0) is 18.3. The summed E-state index contributed by atoms with van der Waals surface area (Å²) in [5, 5.41) is 6.74. The van der Waals surface area contributed by atoms with Crippen LogP contribution in [0.15, 0.2) is 4.99 Å². The molecule has 1 aliphatic carbocycles. The van der Waals surface area contributed by atoms with Gasteiger partial charge in [0.05, 0.1) is 5.60 Å². The van der Waals surface area contributed by atoms with Crippen molar-refractivity contribution in [3.8, 4) is 0 Å². The van der Waals surface area contributed by atoms with E-state index in [1.54, 1.807) is 7.11 Å². The number of amides is 1. The van der Waals surface area contributed by atoms with Crippen molar-refractivity contribution in [3.63, 3.8) is 0 Å². The molecule has 3 aliphatic rings. The highest BCUT2D eigenvalue weighted by Crippen LogP contribution is 2.51. The molecule has 1 saturated carbocycles. The molecule has 0 radical (unpaired) electrons. The lowest BCUT2D eigenvalue weighted by molar-refractivity contribution is -0.177. The average Bonchev–Trinajstić information content (AvgIpc) is 2.93. The molecule has 6 nitrogen and oxygen atoms in total. The zero-order valence-electron chi connectivity index (χ0n) is 16.4. The van der Waals surface area contributed by atoms with Crippen molar-refractivity contribution < 1.29 is 9.53 Å². The van der Waals surface area contributed by atoms with Crippen molar-refractivity contribution in [3.05, 3.63) is 0 Å². The number of likely N-dealkylation sites (tertiary alicyclic amines) is 1. The van der Waals surface area contributed by atoms with E-state index in [1.807, 2.05) is 0 Å².